The number of aliphatic carboxylic acids is 1. The van der Waals surface area contributed by atoms with Gasteiger partial charge in [-0.3, -0.25) is 9.78 Å². The highest BCUT2D eigenvalue weighted by atomic mass is 16.5. The van der Waals surface area contributed by atoms with Crippen LogP contribution in [0.1, 0.15) is 70.1 Å². The zero-order valence-corrected chi connectivity index (χ0v) is 19.2. The van der Waals surface area contributed by atoms with E-state index in [0.29, 0.717) is 18.4 Å². The van der Waals surface area contributed by atoms with Crippen LogP contribution < -0.4 is 5.73 Å². The summed E-state index contributed by atoms with van der Waals surface area (Å²) in [6.45, 7) is 6.17. The smallest absolute Gasteiger partial charge is 0.310 e. The molecule has 1 aliphatic rings. The van der Waals surface area contributed by atoms with E-state index in [-0.39, 0.29) is 18.3 Å². The standard InChI is InChI=1S/C23H28N4O3.C2H6/c1-2-30-23(25)27-22(24)18-9-7-16(8-10-18)19-11-12-20(26-14-19)17-5-3-15(4-6-17)13-21(28)29;1-2/h7-12,14-15,17H,2-6,13H2,1H3,(H,28,29)(H3,24,25,27);1-2H3. The highest BCUT2D eigenvalue weighted by Crippen LogP contribution is 2.36. The number of aromatic nitrogens is 1. The van der Waals surface area contributed by atoms with E-state index in [0.717, 1.165) is 48.1 Å². The zero-order chi connectivity index (χ0) is 23.5. The molecule has 0 atom stereocenters. The Morgan fingerprint density at radius 2 is 1.75 bits per heavy atom. The summed E-state index contributed by atoms with van der Waals surface area (Å²) in [7, 11) is 0. The molecular formula is C25H34N4O3. The number of carboxylic acids is 1. The minimum absolute atomic E-state index is 0.198. The number of carbonyl (C=O) groups is 1. The quantitative estimate of drug-likeness (QED) is 0.423. The van der Waals surface area contributed by atoms with Crippen LogP contribution >= 0.6 is 0 Å². The van der Waals surface area contributed by atoms with Crippen LogP contribution in [-0.2, 0) is 9.53 Å². The van der Waals surface area contributed by atoms with Gasteiger partial charge in [0.25, 0.3) is 0 Å². The van der Waals surface area contributed by atoms with E-state index in [1.54, 1.807) is 6.92 Å². The predicted molar refractivity (Wildman–Crippen MR) is 128 cm³/mol. The molecule has 1 aromatic heterocycles. The van der Waals surface area contributed by atoms with Crippen molar-refractivity contribution in [3.63, 3.8) is 0 Å². The molecule has 1 fully saturated rings. The van der Waals surface area contributed by atoms with Gasteiger partial charge in [-0.05, 0) is 50.2 Å². The summed E-state index contributed by atoms with van der Waals surface area (Å²) in [6.07, 6.45) is 6.05. The largest absolute Gasteiger partial charge is 0.481 e. The summed E-state index contributed by atoms with van der Waals surface area (Å²) in [6, 6.07) is 11.6. The lowest BCUT2D eigenvalue weighted by Gasteiger charge is -2.27. The molecule has 0 aliphatic heterocycles. The van der Waals surface area contributed by atoms with Gasteiger partial charge in [-0.25, -0.2) is 5.41 Å². The third-order valence-corrected chi connectivity index (χ3v) is 5.53. The van der Waals surface area contributed by atoms with Crippen LogP contribution in [0, 0.1) is 11.3 Å². The van der Waals surface area contributed by atoms with Gasteiger partial charge in [0.15, 0.2) is 0 Å². The molecule has 0 saturated heterocycles. The molecule has 1 aliphatic carbocycles. The number of nitrogens with two attached hydrogens (primary N) is 1. The maximum absolute atomic E-state index is 10.9. The number of nitrogens with zero attached hydrogens (tertiary/aromatic N) is 2. The Hall–Kier alpha value is -3.22. The molecule has 32 heavy (non-hydrogen) atoms. The second-order valence-corrected chi connectivity index (χ2v) is 7.60. The molecule has 7 nitrogen and oxygen atoms in total. The van der Waals surface area contributed by atoms with E-state index in [1.165, 1.54) is 0 Å². The Kier molecular flexibility index (Phi) is 9.85. The first-order valence-corrected chi connectivity index (χ1v) is 11.3. The third-order valence-electron chi connectivity index (χ3n) is 5.53. The minimum atomic E-state index is -0.701. The number of benzene rings is 1. The van der Waals surface area contributed by atoms with Gasteiger partial charge in [-0.1, -0.05) is 44.2 Å². The van der Waals surface area contributed by atoms with Gasteiger partial charge in [-0.15, -0.1) is 0 Å². The first-order valence-electron chi connectivity index (χ1n) is 11.3. The van der Waals surface area contributed by atoms with E-state index in [4.69, 9.17) is 21.0 Å². The average Bonchev–Trinajstić information content (AvgIpc) is 2.81. The van der Waals surface area contributed by atoms with Gasteiger partial charge in [0.05, 0.1) is 6.61 Å². The molecule has 0 bridgehead atoms. The highest BCUT2D eigenvalue weighted by molar-refractivity contribution is 6.03. The monoisotopic (exact) mass is 438 g/mol. The molecular weight excluding hydrogens is 404 g/mol. The van der Waals surface area contributed by atoms with E-state index in [2.05, 4.69) is 22.1 Å². The second kappa shape index (κ2) is 12.6. The molecule has 0 radical (unpaired) electrons. The van der Waals surface area contributed by atoms with Gasteiger partial charge in [-0.2, -0.15) is 4.99 Å². The number of aliphatic imine (C=N–C) groups is 1. The fourth-order valence-corrected chi connectivity index (χ4v) is 3.90. The predicted octanol–water partition coefficient (Wildman–Crippen LogP) is 5.20. The van der Waals surface area contributed by atoms with Crippen molar-refractivity contribution in [2.24, 2.45) is 16.6 Å². The van der Waals surface area contributed by atoms with Crippen molar-refractivity contribution in [2.75, 3.05) is 6.61 Å². The third kappa shape index (κ3) is 7.18. The van der Waals surface area contributed by atoms with Gasteiger partial charge in [0, 0.05) is 35.4 Å². The van der Waals surface area contributed by atoms with Crippen LogP contribution in [-0.4, -0.2) is 34.5 Å². The summed E-state index contributed by atoms with van der Waals surface area (Å²) in [5.74, 6) is 0.243. The molecule has 0 spiro atoms. The summed E-state index contributed by atoms with van der Waals surface area (Å²) in [5, 5.41) is 16.5. The van der Waals surface area contributed by atoms with E-state index in [9.17, 15) is 4.79 Å². The van der Waals surface area contributed by atoms with Crippen molar-refractivity contribution in [3.8, 4) is 11.1 Å². The Morgan fingerprint density at radius 1 is 1.12 bits per heavy atom. The summed E-state index contributed by atoms with van der Waals surface area (Å²) < 4.78 is 4.99. The number of pyridine rings is 1. The molecule has 172 valence electrons. The van der Waals surface area contributed by atoms with Gasteiger partial charge in [0.2, 0.25) is 0 Å². The summed E-state index contributed by atoms with van der Waals surface area (Å²) in [5.41, 5.74) is 9.78. The Bertz CT molecular complexity index is 900. The van der Waals surface area contributed by atoms with Crippen LogP contribution in [0.2, 0.25) is 0 Å². The van der Waals surface area contributed by atoms with Crippen molar-refractivity contribution in [1.29, 1.82) is 5.41 Å². The maximum atomic E-state index is 10.9. The van der Waals surface area contributed by atoms with Crippen LogP contribution in [0.25, 0.3) is 11.1 Å². The lowest BCUT2D eigenvalue weighted by molar-refractivity contribution is -0.138. The fraction of sp³-hybridized carbons (Fsp3) is 0.440. The molecule has 4 N–H and O–H groups in total. The number of rotatable bonds is 6. The van der Waals surface area contributed by atoms with Crippen molar-refractivity contribution >= 4 is 17.8 Å². The van der Waals surface area contributed by atoms with E-state index >= 15 is 0 Å². The Morgan fingerprint density at radius 3 is 2.28 bits per heavy atom. The summed E-state index contributed by atoms with van der Waals surface area (Å²) >= 11 is 0. The van der Waals surface area contributed by atoms with Gasteiger partial charge in [0.1, 0.15) is 5.84 Å². The van der Waals surface area contributed by atoms with Crippen LogP contribution in [0.5, 0.6) is 0 Å². The van der Waals surface area contributed by atoms with Crippen molar-refractivity contribution in [1.82, 2.24) is 4.98 Å². The number of amidine groups is 2. The first kappa shape index (κ1) is 25.0. The normalized spacial score (nSPS) is 18.3. The molecule has 7 heteroatoms. The first-order chi connectivity index (χ1) is 15.5. The number of carboxylic acid groups (broad SMARTS) is 1. The van der Waals surface area contributed by atoms with Gasteiger partial charge < -0.3 is 15.6 Å². The van der Waals surface area contributed by atoms with Crippen molar-refractivity contribution in [3.05, 3.63) is 53.9 Å². The number of hydrogen-bond donors (Lipinski definition) is 3. The molecule has 2 aromatic rings. The fourth-order valence-electron chi connectivity index (χ4n) is 3.90. The summed E-state index contributed by atoms with van der Waals surface area (Å²) in [4.78, 5) is 19.5. The molecule has 1 heterocycles. The lowest BCUT2D eigenvalue weighted by Crippen LogP contribution is -2.17. The van der Waals surface area contributed by atoms with Crippen LogP contribution in [0.15, 0.2) is 47.6 Å². The topological polar surface area (TPSA) is 122 Å². The Balaban J connectivity index is 0.00000176. The lowest BCUT2D eigenvalue weighted by atomic mass is 9.79. The van der Waals surface area contributed by atoms with Crippen molar-refractivity contribution < 1.29 is 14.6 Å². The number of nitrogens with one attached hydrogen (secondary N) is 1. The number of hydrogen-bond acceptors (Lipinski definition) is 4. The second-order valence-electron chi connectivity index (χ2n) is 7.60. The van der Waals surface area contributed by atoms with Crippen molar-refractivity contribution in [2.45, 2.75) is 58.8 Å². The van der Waals surface area contributed by atoms with E-state index < -0.39 is 5.97 Å². The maximum Gasteiger partial charge on any atom is 0.310 e. The molecule has 1 aromatic carbocycles. The molecule has 0 amide bonds. The van der Waals surface area contributed by atoms with Crippen LogP contribution in [0.4, 0.5) is 0 Å². The highest BCUT2D eigenvalue weighted by Gasteiger charge is 2.24. The van der Waals surface area contributed by atoms with Gasteiger partial charge >= 0.3 is 12.0 Å². The molecule has 0 unspecified atom stereocenters. The SMILES string of the molecule is CC.CCOC(=N)/N=C(\N)c1ccc(-c2ccc(C3CCC(CC(=O)O)CC3)nc2)cc1. The average molecular weight is 439 g/mol. The Labute approximate surface area is 190 Å². The van der Waals surface area contributed by atoms with Crippen LogP contribution in [0.3, 0.4) is 0 Å². The zero-order valence-electron chi connectivity index (χ0n) is 19.2. The minimum Gasteiger partial charge on any atom is -0.481 e. The molecule has 3 rings (SSSR count). The molecule has 1 saturated carbocycles. The number of ether oxygens (including phenoxy) is 1. The van der Waals surface area contributed by atoms with E-state index in [1.807, 2.05) is 44.3 Å².